The molecule has 4 rings (SSSR count). The van der Waals surface area contributed by atoms with Gasteiger partial charge in [0, 0.05) is 29.8 Å². The van der Waals surface area contributed by atoms with Gasteiger partial charge in [-0.2, -0.15) is 9.50 Å². The van der Waals surface area contributed by atoms with Gasteiger partial charge in [-0.25, -0.2) is 4.39 Å². The van der Waals surface area contributed by atoms with Crippen LogP contribution in [0, 0.1) is 5.82 Å². The average Bonchev–Trinajstić information content (AvgIpc) is 3.15. The van der Waals surface area contributed by atoms with Gasteiger partial charge in [0.1, 0.15) is 10.3 Å². The van der Waals surface area contributed by atoms with E-state index in [0.29, 0.717) is 21.0 Å². The first kappa shape index (κ1) is 14.5. The smallest absolute Gasteiger partial charge is 0.292 e. The van der Waals surface area contributed by atoms with Crippen LogP contribution in [0.15, 0.2) is 53.6 Å². The summed E-state index contributed by atoms with van der Waals surface area (Å²) in [6.45, 7) is 0. The van der Waals surface area contributed by atoms with Crippen molar-refractivity contribution < 1.29 is 4.39 Å². The van der Waals surface area contributed by atoms with Crippen molar-refractivity contribution in [1.82, 2.24) is 19.6 Å². The lowest BCUT2D eigenvalue weighted by Gasteiger charge is -1.98. The van der Waals surface area contributed by atoms with Crippen LogP contribution in [-0.4, -0.2) is 19.6 Å². The molecule has 118 valence electrons. The van der Waals surface area contributed by atoms with Crippen LogP contribution in [0.3, 0.4) is 0 Å². The third kappa shape index (κ3) is 2.63. The third-order valence-electron chi connectivity index (χ3n) is 3.33. The molecule has 6 nitrogen and oxygen atoms in total. The molecule has 0 spiro atoms. The van der Waals surface area contributed by atoms with E-state index in [-0.39, 0.29) is 11.4 Å². The van der Waals surface area contributed by atoms with Crippen molar-refractivity contribution in [3.8, 4) is 11.4 Å². The van der Waals surface area contributed by atoms with Gasteiger partial charge in [-0.1, -0.05) is 11.3 Å². The number of halogens is 1. The van der Waals surface area contributed by atoms with Gasteiger partial charge < -0.3 is 5.32 Å². The Morgan fingerprint density at radius 1 is 1.12 bits per heavy atom. The molecule has 0 aliphatic heterocycles. The number of hydrogen-bond acceptors (Lipinski definition) is 6. The highest BCUT2D eigenvalue weighted by molar-refractivity contribution is 7.15. The van der Waals surface area contributed by atoms with E-state index in [4.69, 9.17) is 0 Å². The normalized spacial score (nSPS) is 12.0. The number of pyridine rings is 1. The summed E-state index contributed by atoms with van der Waals surface area (Å²) in [5.74, 6) is 0.172. The Kier molecular flexibility index (Phi) is 3.51. The molecule has 0 unspecified atom stereocenters. The molecule has 1 aromatic carbocycles. The van der Waals surface area contributed by atoms with Crippen LogP contribution >= 0.6 is 11.3 Å². The summed E-state index contributed by atoms with van der Waals surface area (Å²) in [4.78, 5) is 21.2. The van der Waals surface area contributed by atoms with Crippen LogP contribution in [0.2, 0.25) is 0 Å². The van der Waals surface area contributed by atoms with Crippen LogP contribution in [0.25, 0.3) is 22.5 Å². The summed E-state index contributed by atoms with van der Waals surface area (Å²) in [6, 6.07) is 9.44. The Hall–Kier alpha value is -3.13. The lowest BCUT2D eigenvalue weighted by molar-refractivity contribution is 0.628. The van der Waals surface area contributed by atoms with Gasteiger partial charge in [-0.3, -0.25) is 9.78 Å². The van der Waals surface area contributed by atoms with Gasteiger partial charge in [0.05, 0.1) is 0 Å². The van der Waals surface area contributed by atoms with Crippen molar-refractivity contribution in [2.24, 2.45) is 0 Å². The molecule has 3 aromatic heterocycles. The second kappa shape index (κ2) is 5.82. The second-order valence-electron chi connectivity index (χ2n) is 4.93. The summed E-state index contributed by atoms with van der Waals surface area (Å²) >= 11 is 1.23. The van der Waals surface area contributed by atoms with E-state index in [2.05, 4.69) is 20.4 Å². The molecule has 0 saturated carbocycles. The fourth-order valence-corrected chi connectivity index (χ4v) is 2.98. The van der Waals surface area contributed by atoms with Crippen LogP contribution in [-0.2, 0) is 0 Å². The van der Waals surface area contributed by atoms with E-state index in [0.717, 1.165) is 5.56 Å². The van der Waals surface area contributed by atoms with Gasteiger partial charge >= 0.3 is 0 Å². The Labute approximate surface area is 138 Å². The molecule has 0 fully saturated rings. The van der Waals surface area contributed by atoms with Crippen LogP contribution < -0.4 is 15.4 Å². The van der Waals surface area contributed by atoms with Crippen LogP contribution in [0.5, 0.6) is 0 Å². The Balaban J connectivity index is 1.69. The second-order valence-corrected chi connectivity index (χ2v) is 5.94. The lowest BCUT2D eigenvalue weighted by atomic mass is 10.3. The minimum Gasteiger partial charge on any atom is -0.360 e. The molecule has 8 heteroatoms. The van der Waals surface area contributed by atoms with Crippen molar-refractivity contribution in [1.29, 1.82) is 0 Å². The number of rotatable bonds is 3. The van der Waals surface area contributed by atoms with E-state index in [1.807, 2.05) is 0 Å². The highest BCUT2D eigenvalue weighted by atomic mass is 32.1. The third-order valence-corrected chi connectivity index (χ3v) is 4.29. The van der Waals surface area contributed by atoms with Crippen molar-refractivity contribution in [2.45, 2.75) is 0 Å². The van der Waals surface area contributed by atoms with Gasteiger partial charge in [-0.05, 0) is 36.4 Å². The molecule has 0 bridgehead atoms. The van der Waals surface area contributed by atoms with Gasteiger partial charge in [0.15, 0.2) is 5.82 Å². The fourth-order valence-electron chi connectivity index (χ4n) is 2.15. The van der Waals surface area contributed by atoms with Crippen molar-refractivity contribution in [2.75, 3.05) is 5.32 Å². The van der Waals surface area contributed by atoms with E-state index >= 15 is 0 Å². The molecule has 4 aromatic rings. The standard InChI is InChI=1S/C16H10FN5OS/c17-11-1-3-12(4-2-11)19-9-13-15(23)22-16(24-13)20-14(21-22)10-5-7-18-8-6-10/h1-9,19H/b13-9-. The van der Waals surface area contributed by atoms with Crippen LogP contribution in [0.4, 0.5) is 10.1 Å². The molecule has 0 amide bonds. The summed E-state index contributed by atoms with van der Waals surface area (Å²) < 4.78 is 14.6. The predicted octanol–water partition coefficient (Wildman–Crippen LogP) is 1.92. The van der Waals surface area contributed by atoms with E-state index in [9.17, 15) is 9.18 Å². The fraction of sp³-hybridized carbons (Fsp3) is 0. The first-order chi connectivity index (χ1) is 11.7. The van der Waals surface area contributed by atoms with Crippen molar-refractivity contribution >= 4 is 28.2 Å². The summed E-state index contributed by atoms with van der Waals surface area (Å²) in [5.41, 5.74) is 1.24. The molecular formula is C16H10FN5OS. The highest BCUT2D eigenvalue weighted by Crippen LogP contribution is 2.14. The lowest BCUT2D eigenvalue weighted by Crippen LogP contribution is -2.24. The maximum atomic E-state index is 12.9. The number of fused-ring (bicyclic) bond motifs is 1. The van der Waals surface area contributed by atoms with E-state index in [1.165, 1.54) is 28.0 Å². The average molecular weight is 339 g/mol. The molecule has 0 aliphatic carbocycles. The molecule has 1 N–H and O–H groups in total. The van der Waals surface area contributed by atoms with Gasteiger partial charge in [-0.15, -0.1) is 5.10 Å². The first-order valence-corrected chi connectivity index (χ1v) is 7.85. The van der Waals surface area contributed by atoms with Crippen molar-refractivity contribution in [3.05, 3.63) is 69.5 Å². The van der Waals surface area contributed by atoms with Gasteiger partial charge in [0.25, 0.3) is 5.56 Å². The molecule has 0 aliphatic rings. The molecule has 0 saturated heterocycles. The topological polar surface area (TPSA) is 72.2 Å². The predicted molar refractivity (Wildman–Crippen MR) is 90.1 cm³/mol. The number of nitrogens with zero attached hydrogens (tertiary/aromatic N) is 4. The molecule has 0 radical (unpaired) electrons. The minimum absolute atomic E-state index is 0.252. The van der Waals surface area contributed by atoms with E-state index < -0.39 is 0 Å². The monoisotopic (exact) mass is 339 g/mol. The molecular weight excluding hydrogens is 329 g/mol. The SMILES string of the molecule is O=c1/c(=C/Nc2ccc(F)cc2)sc2nc(-c3ccncc3)nn12. The number of hydrogen-bond donors (Lipinski definition) is 1. The van der Waals surface area contributed by atoms with Gasteiger partial charge in [0.2, 0.25) is 4.96 Å². The summed E-state index contributed by atoms with van der Waals surface area (Å²) in [7, 11) is 0. The molecule has 3 heterocycles. The number of aromatic nitrogens is 4. The van der Waals surface area contributed by atoms with Crippen LogP contribution in [0.1, 0.15) is 0 Å². The summed E-state index contributed by atoms with van der Waals surface area (Å²) in [5, 5.41) is 7.22. The Bertz CT molecular complexity index is 1110. The maximum absolute atomic E-state index is 12.9. The Morgan fingerprint density at radius 3 is 2.58 bits per heavy atom. The maximum Gasteiger partial charge on any atom is 0.292 e. The largest absolute Gasteiger partial charge is 0.360 e. The number of anilines is 1. The zero-order valence-electron chi connectivity index (χ0n) is 12.2. The molecule has 24 heavy (non-hydrogen) atoms. The molecule has 0 atom stereocenters. The zero-order chi connectivity index (χ0) is 16.5. The van der Waals surface area contributed by atoms with Crippen molar-refractivity contribution in [3.63, 3.8) is 0 Å². The number of benzene rings is 1. The number of thiazole rings is 1. The number of nitrogens with one attached hydrogen (secondary N) is 1. The highest BCUT2D eigenvalue weighted by Gasteiger charge is 2.11. The Morgan fingerprint density at radius 2 is 1.88 bits per heavy atom. The first-order valence-electron chi connectivity index (χ1n) is 7.03. The summed E-state index contributed by atoms with van der Waals surface area (Å²) in [6.07, 6.45) is 4.87. The minimum atomic E-state index is -0.313. The zero-order valence-corrected chi connectivity index (χ0v) is 13.0. The quantitative estimate of drug-likeness (QED) is 0.617. The van der Waals surface area contributed by atoms with E-state index in [1.54, 1.807) is 42.9 Å².